The van der Waals surface area contributed by atoms with Crippen LogP contribution < -0.4 is 0 Å². The van der Waals surface area contributed by atoms with Gasteiger partial charge in [-0.3, -0.25) is 4.79 Å². The van der Waals surface area contributed by atoms with Crippen LogP contribution >= 0.6 is 0 Å². The zero-order chi connectivity index (χ0) is 18.3. The SMILES string of the molecule is C[C@@]12C[C@@H](c3ccoc3)OC(=O)[C@H]1CC[C@]1(C)[C@H]2[C@@H]2C=C[C@@]1(O)C(=O)O2. The minimum absolute atomic E-state index is 0.149. The molecule has 6 rings (SSSR count). The van der Waals surface area contributed by atoms with Crippen LogP contribution in [0.25, 0.3) is 0 Å². The molecule has 0 unspecified atom stereocenters. The summed E-state index contributed by atoms with van der Waals surface area (Å²) < 4.78 is 16.4. The molecule has 26 heavy (non-hydrogen) atoms. The minimum Gasteiger partial charge on any atom is -0.472 e. The molecule has 2 bridgehead atoms. The molecule has 2 saturated heterocycles. The van der Waals surface area contributed by atoms with E-state index >= 15 is 0 Å². The van der Waals surface area contributed by atoms with Crippen molar-refractivity contribution in [2.75, 3.05) is 0 Å². The van der Waals surface area contributed by atoms with E-state index in [1.807, 2.05) is 13.0 Å². The van der Waals surface area contributed by atoms with Crippen LogP contribution in [0.4, 0.5) is 0 Å². The van der Waals surface area contributed by atoms with Crippen molar-refractivity contribution in [2.45, 2.75) is 50.9 Å². The zero-order valence-corrected chi connectivity index (χ0v) is 14.8. The van der Waals surface area contributed by atoms with E-state index in [-0.39, 0.29) is 23.9 Å². The van der Waals surface area contributed by atoms with Gasteiger partial charge in [0, 0.05) is 16.9 Å². The Bertz CT molecular complexity index is 812. The van der Waals surface area contributed by atoms with Gasteiger partial charge < -0.3 is 19.0 Å². The maximum absolute atomic E-state index is 12.8. The minimum atomic E-state index is -1.63. The molecule has 1 aromatic rings. The molecule has 5 aliphatic rings. The maximum atomic E-state index is 12.8. The number of fused-ring (bicyclic) bond motifs is 2. The normalized spacial score (nSPS) is 49.2. The van der Waals surface area contributed by atoms with Crippen LogP contribution in [0.2, 0.25) is 0 Å². The Labute approximate surface area is 151 Å². The Morgan fingerprint density at radius 2 is 2.04 bits per heavy atom. The van der Waals surface area contributed by atoms with E-state index in [0.717, 1.165) is 5.56 Å². The molecule has 0 amide bonds. The van der Waals surface area contributed by atoms with Gasteiger partial charge in [0.2, 0.25) is 0 Å². The Balaban J connectivity index is 1.61. The third kappa shape index (κ3) is 1.71. The van der Waals surface area contributed by atoms with Crippen LogP contribution in [0.5, 0.6) is 0 Å². The Morgan fingerprint density at radius 3 is 2.73 bits per heavy atom. The molecule has 3 aliphatic heterocycles. The highest BCUT2D eigenvalue weighted by Gasteiger charge is 2.72. The smallest absolute Gasteiger partial charge is 0.343 e. The summed E-state index contributed by atoms with van der Waals surface area (Å²) in [5.74, 6) is -1.20. The van der Waals surface area contributed by atoms with Crippen molar-refractivity contribution in [1.29, 1.82) is 0 Å². The van der Waals surface area contributed by atoms with E-state index in [1.165, 1.54) is 0 Å². The van der Waals surface area contributed by atoms with Gasteiger partial charge in [0.15, 0.2) is 5.60 Å². The number of rotatable bonds is 1. The van der Waals surface area contributed by atoms with Crippen LogP contribution in [0.3, 0.4) is 0 Å². The molecule has 3 fully saturated rings. The first kappa shape index (κ1) is 16.1. The van der Waals surface area contributed by atoms with Gasteiger partial charge in [-0.1, -0.05) is 13.8 Å². The lowest BCUT2D eigenvalue weighted by Crippen LogP contribution is -2.72. The van der Waals surface area contributed by atoms with Gasteiger partial charge >= 0.3 is 11.9 Å². The lowest BCUT2D eigenvalue weighted by molar-refractivity contribution is -0.259. The highest BCUT2D eigenvalue weighted by molar-refractivity contribution is 5.86. The Kier molecular flexibility index (Phi) is 2.97. The zero-order valence-electron chi connectivity index (χ0n) is 14.8. The van der Waals surface area contributed by atoms with Gasteiger partial charge in [-0.15, -0.1) is 0 Å². The van der Waals surface area contributed by atoms with Crippen molar-refractivity contribution in [3.63, 3.8) is 0 Å². The van der Waals surface area contributed by atoms with Crippen LogP contribution in [0.15, 0.2) is 35.2 Å². The van der Waals surface area contributed by atoms with Crippen molar-refractivity contribution in [3.05, 3.63) is 36.3 Å². The summed E-state index contributed by atoms with van der Waals surface area (Å²) in [5, 5.41) is 11.2. The monoisotopic (exact) mass is 358 g/mol. The first-order valence-electron chi connectivity index (χ1n) is 9.15. The Hall–Kier alpha value is -2.08. The summed E-state index contributed by atoms with van der Waals surface area (Å²) in [6, 6.07) is 1.81. The molecule has 6 nitrogen and oxygen atoms in total. The topological polar surface area (TPSA) is 86.0 Å². The molecular weight excluding hydrogens is 336 g/mol. The maximum Gasteiger partial charge on any atom is 0.343 e. The summed E-state index contributed by atoms with van der Waals surface area (Å²) in [6.45, 7) is 4.04. The van der Waals surface area contributed by atoms with Crippen LogP contribution in [-0.4, -0.2) is 28.8 Å². The number of hydrogen-bond acceptors (Lipinski definition) is 6. The molecule has 4 heterocycles. The molecule has 1 N–H and O–H groups in total. The molecular formula is C20H22O6. The quantitative estimate of drug-likeness (QED) is 0.613. The largest absolute Gasteiger partial charge is 0.472 e. The Morgan fingerprint density at radius 1 is 1.23 bits per heavy atom. The van der Waals surface area contributed by atoms with E-state index in [4.69, 9.17) is 13.9 Å². The van der Waals surface area contributed by atoms with Crippen molar-refractivity contribution >= 4 is 11.9 Å². The molecule has 0 aromatic carbocycles. The standard InChI is InChI=1S/C20H22O6/c1-18-9-14(11-5-8-24-10-11)25-16(21)12(18)3-6-19(2)15(18)13-4-7-20(19,23)17(22)26-13/h4-5,7-8,10,12-15,23H,3,6,9H2,1-2H3/t12-,13+,14+,15+,18-,19-,20-/m1/s1. The fourth-order valence-electron chi connectivity index (χ4n) is 6.16. The van der Waals surface area contributed by atoms with E-state index in [1.54, 1.807) is 24.7 Å². The van der Waals surface area contributed by atoms with Gasteiger partial charge in [-0.25, -0.2) is 4.79 Å². The predicted molar refractivity (Wildman–Crippen MR) is 88.6 cm³/mol. The predicted octanol–water partition coefficient (Wildman–Crippen LogP) is 2.53. The number of aliphatic hydroxyl groups is 1. The number of carbonyl (C=O) groups excluding carboxylic acids is 2. The molecule has 1 aromatic heterocycles. The second kappa shape index (κ2) is 4.80. The van der Waals surface area contributed by atoms with E-state index in [0.29, 0.717) is 19.3 Å². The van der Waals surface area contributed by atoms with Gasteiger partial charge in [0.25, 0.3) is 0 Å². The van der Waals surface area contributed by atoms with Crippen LogP contribution in [0, 0.1) is 22.7 Å². The summed E-state index contributed by atoms with van der Waals surface area (Å²) >= 11 is 0. The average molecular weight is 358 g/mol. The van der Waals surface area contributed by atoms with Crippen molar-refractivity contribution in [3.8, 4) is 0 Å². The summed E-state index contributed by atoms with van der Waals surface area (Å²) in [5.41, 5.74) is -1.91. The lowest BCUT2D eigenvalue weighted by atomic mass is 9.42. The van der Waals surface area contributed by atoms with Gasteiger partial charge in [-0.05, 0) is 42.9 Å². The molecule has 7 atom stereocenters. The molecule has 0 spiro atoms. The second-order valence-electron chi connectivity index (χ2n) is 8.67. The van der Waals surface area contributed by atoms with Gasteiger partial charge in [-0.2, -0.15) is 0 Å². The number of hydrogen-bond donors (Lipinski definition) is 1. The second-order valence-corrected chi connectivity index (χ2v) is 8.67. The van der Waals surface area contributed by atoms with E-state index in [9.17, 15) is 14.7 Å². The fourth-order valence-corrected chi connectivity index (χ4v) is 6.16. The fraction of sp³-hybridized carbons (Fsp3) is 0.600. The molecule has 1 saturated carbocycles. The highest BCUT2D eigenvalue weighted by atomic mass is 16.6. The average Bonchev–Trinajstić information content (AvgIpc) is 3.10. The molecule has 0 radical (unpaired) electrons. The number of esters is 2. The lowest BCUT2D eigenvalue weighted by Gasteiger charge is -2.65. The first-order chi connectivity index (χ1) is 12.3. The van der Waals surface area contributed by atoms with E-state index < -0.39 is 28.5 Å². The number of furan rings is 1. The van der Waals surface area contributed by atoms with Crippen molar-refractivity contribution < 1.29 is 28.6 Å². The van der Waals surface area contributed by atoms with Gasteiger partial charge in [0.05, 0.1) is 18.4 Å². The summed E-state index contributed by atoms with van der Waals surface area (Å²) in [4.78, 5) is 25.2. The summed E-state index contributed by atoms with van der Waals surface area (Å²) in [6.07, 6.45) is 7.52. The van der Waals surface area contributed by atoms with Crippen LogP contribution in [0.1, 0.15) is 44.8 Å². The highest BCUT2D eigenvalue weighted by Crippen LogP contribution is 2.67. The number of ether oxygens (including phenoxy) is 2. The molecule has 138 valence electrons. The third-order valence-electron chi connectivity index (χ3n) is 7.51. The first-order valence-corrected chi connectivity index (χ1v) is 9.15. The summed E-state index contributed by atoms with van der Waals surface area (Å²) in [7, 11) is 0. The van der Waals surface area contributed by atoms with Gasteiger partial charge in [0.1, 0.15) is 12.2 Å². The van der Waals surface area contributed by atoms with Crippen LogP contribution in [-0.2, 0) is 19.1 Å². The number of carbonyl (C=O) groups is 2. The van der Waals surface area contributed by atoms with Crippen molar-refractivity contribution in [1.82, 2.24) is 0 Å². The number of cyclic esters (lactones) is 1. The van der Waals surface area contributed by atoms with Crippen molar-refractivity contribution in [2.24, 2.45) is 22.7 Å². The molecule has 6 heteroatoms. The van der Waals surface area contributed by atoms with E-state index in [2.05, 4.69) is 6.92 Å². The third-order valence-corrected chi connectivity index (χ3v) is 7.51. The molecule has 2 aliphatic carbocycles.